The van der Waals surface area contributed by atoms with Crippen molar-refractivity contribution in [2.75, 3.05) is 0 Å². The Kier molecular flexibility index (Phi) is 5020. The summed E-state index contributed by atoms with van der Waals surface area (Å²) in [6.45, 7) is 0. The summed E-state index contributed by atoms with van der Waals surface area (Å²) >= 11 is 0. The van der Waals surface area contributed by atoms with Crippen molar-refractivity contribution in [3.8, 4) is 0 Å². The molecule has 0 heterocycles. The van der Waals surface area contributed by atoms with E-state index in [1.54, 1.807) is 0 Å². The topological polar surface area (TPSA) is 31.5 Å². The van der Waals surface area contributed by atoms with Gasteiger partial charge < -0.3 is 5.48 Å². The molecule has 0 spiro atoms. The molecule has 0 aromatic heterocycles. The highest BCUT2D eigenvalue weighted by Gasteiger charge is 0.0000245. The predicted molar refractivity (Wildman–Crippen MR) is 29.0 cm³/mol. The number of hydrogen-bond acceptors (Lipinski definition) is 0. The molecule has 0 fully saturated rings. The zero-order valence-corrected chi connectivity index (χ0v) is 4.14. The van der Waals surface area contributed by atoms with E-state index in [-0.39, 0.29) is 48.5 Å². The fraction of sp³-hybridized carbons (Fsp3) is 1.00. The van der Waals surface area contributed by atoms with Crippen molar-refractivity contribution in [1.82, 2.24) is 0 Å². The molecule has 0 aromatic rings. The summed E-state index contributed by atoms with van der Waals surface area (Å²) in [6.07, 6.45) is 0. The van der Waals surface area contributed by atoms with Gasteiger partial charge in [-0.2, -0.15) is 13.5 Å². The van der Waals surface area contributed by atoms with E-state index in [0.717, 1.165) is 0 Å². The number of halogens is 1. The minimum atomic E-state index is 0. The van der Waals surface area contributed by atoms with Crippen LogP contribution in [0.15, 0.2) is 0 Å². The molecule has 5 heavy (non-hydrogen) atoms. The van der Waals surface area contributed by atoms with E-state index in [1.165, 1.54) is 0 Å². The van der Waals surface area contributed by atoms with E-state index in [1.807, 2.05) is 0 Å². The first-order valence-corrected chi connectivity index (χ1v) is 0. The molecule has 1 nitrogen and oxygen atoms in total. The van der Waals surface area contributed by atoms with Crippen LogP contribution in [-0.2, 0) is 0 Å². The van der Waals surface area contributed by atoms with Gasteiger partial charge in [-0.05, 0) is 0 Å². The molecule has 0 atom stereocenters. The second-order valence-corrected chi connectivity index (χ2v) is 0. The van der Waals surface area contributed by atoms with Crippen molar-refractivity contribution in [2.24, 2.45) is 0 Å². The molecule has 0 amide bonds. The Balaban J connectivity index is 0. The summed E-state index contributed by atoms with van der Waals surface area (Å²) in [5, 5.41) is 0. The maximum Gasteiger partial charge on any atom is 0 e. The van der Waals surface area contributed by atoms with Crippen molar-refractivity contribution < 1.29 is 10.2 Å². The monoisotopic (exact) mass is 115 g/mol. The van der Waals surface area contributed by atoms with Crippen LogP contribution in [0.1, 0.15) is 7.43 Å². The van der Waals surface area contributed by atoms with Crippen LogP contribution >= 0.6 is 13.5 Å². The zero-order valence-electron chi connectivity index (χ0n) is 1.99. The molecule has 0 aliphatic rings. The van der Waals surface area contributed by atoms with Crippen LogP contribution in [0.25, 0.3) is 0 Å². The summed E-state index contributed by atoms with van der Waals surface area (Å²) in [5.74, 6) is 0. The Morgan fingerprint density at radius 3 is 1.00 bits per heavy atom. The van der Waals surface area contributed by atoms with Crippen LogP contribution in [0.5, 0.6) is 0 Å². The molecule has 0 saturated carbocycles. The first kappa shape index (κ1) is 220. The van der Waals surface area contributed by atoms with Gasteiger partial charge in [0, 0.05) is 17.4 Å². The minimum Gasteiger partial charge on any atom is -0.412 e. The van der Waals surface area contributed by atoms with Crippen molar-refractivity contribution in [1.29, 1.82) is 0 Å². The number of rotatable bonds is 0. The van der Waals surface area contributed by atoms with Gasteiger partial charge in [0.15, 0.2) is 0 Å². The smallest absolute Gasteiger partial charge is 0 e. The summed E-state index contributed by atoms with van der Waals surface area (Å²) in [5.41, 5.74) is 0. The Morgan fingerprint density at radius 1 is 1.00 bits per heavy atom. The van der Waals surface area contributed by atoms with Crippen molar-refractivity contribution >= 4 is 30.9 Å². The number of hydrogen-bond donors (Lipinski definition) is 0. The van der Waals surface area contributed by atoms with Crippen LogP contribution < -0.4 is 0 Å². The van der Waals surface area contributed by atoms with Crippen LogP contribution in [-0.4, -0.2) is 22.8 Å². The highest BCUT2D eigenvalue weighted by Crippen LogP contribution is 0.648. The van der Waals surface area contributed by atoms with Crippen molar-refractivity contribution in [2.45, 2.75) is 7.43 Å². The SMILES string of the molecule is C.F.O.S.[Al]. The van der Waals surface area contributed by atoms with Gasteiger partial charge in [-0.3, -0.25) is 4.70 Å². The summed E-state index contributed by atoms with van der Waals surface area (Å²) < 4.78 is 0. The van der Waals surface area contributed by atoms with Gasteiger partial charge >= 0.3 is 0 Å². The van der Waals surface area contributed by atoms with Crippen LogP contribution in [0, 0.1) is 0 Å². The molecule has 0 aliphatic carbocycles. The van der Waals surface area contributed by atoms with E-state index in [9.17, 15) is 0 Å². The largest absolute Gasteiger partial charge is 0.412 e. The van der Waals surface area contributed by atoms with E-state index in [4.69, 9.17) is 0 Å². The highest BCUT2D eigenvalue weighted by atomic mass is 32.1. The quantitative estimate of drug-likeness (QED) is 0.388. The third kappa shape index (κ3) is 61.5. The minimum absolute atomic E-state index is 0. The van der Waals surface area contributed by atoms with Crippen molar-refractivity contribution in [3.63, 3.8) is 0 Å². The lowest BCUT2D eigenvalue weighted by Crippen LogP contribution is -0.381. The van der Waals surface area contributed by atoms with Gasteiger partial charge in [0.2, 0.25) is 0 Å². The molecule has 0 aromatic carbocycles. The van der Waals surface area contributed by atoms with E-state index >= 15 is 0 Å². The molecule has 0 rings (SSSR count). The summed E-state index contributed by atoms with van der Waals surface area (Å²) in [7, 11) is 0. The molecule has 3 radical (unpaired) electrons. The fourth-order valence-corrected chi connectivity index (χ4v) is 0. The van der Waals surface area contributed by atoms with Crippen LogP contribution in [0.4, 0.5) is 4.70 Å². The fourth-order valence-electron chi connectivity index (χ4n) is 0. The molecule has 0 unspecified atom stereocenters. The van der Waals surface area contributed by atoms with E-state index in [2.05, 4.69) is 0 Å². The van der Waals surface area contributed by atoms with E-state index in [0.29, 0.717) is 0 Å². The predicted octanol–water partition coefficient (Wildman–Crippen LogP) is -0.304. The molecule has 0 saturated heterocycles. The Labute approximate surface area is 49.0 Å². The molecule has 0 bridgehead atoms. The Morgan fingerprint density at radius 2 is 1.00 bits per heavy atom. The van der Waals surface area contributed by atoms with Crippen LogP contribution in [0.2, 0.25) is 0 Å². The lowest BCUT2D eigenvalue weighted by Gasteiger charge is -0.412. The van der Waals surface area contributed by atoms with Gasteiger partial charge in [0.1, 0.15) is 0 Å². The average Bonchev–Trinajstić information content (AvgIpc) is 0. The Hall–Kier alpha value is 0.772. The molecule has 4 heteroatoms. The summed E-state index contributed by atoms with van der Waals surface area (Å²) in [6, 6.07) is 0. The normalized spacial score (nSPS) is 0. The van der Waals surface area contributed by atoms with Crippen molar-refractivity contribution in [3.05, 3.63) is 0 Å². The molecule has 35 valence electrons. The van der Waals surface area contributed by atoms with Gasteiger partial charge in [-0.1, -0.05) is 7.43 Å². The van der Waals surface area contributed by atoms with Gasteiger partial charge in [-0.15, -0.1) is 0 Å². The lowest BCUT2D eigenvalue weighted by molar-refractivity contribution is 0.824. The summed E-state index contributed by atoms with van der Waals surface area (Å²) in [4.78, 5) is 0. The second-order valence-electron chi connectivity index (χ2n) is 0. The third-order valence-corrected chi connectivity index (χ3v) is 0. The third-order valence-electron chi connectivity index (χ3n) is 0. The van der Waals surface area contributed by atoms with E-state index < -0.39 is 0 Å². The zero-order chi connectivity index (χ0) is 0. The average molecular weight is 115 g/mol. The van der Waals surface area contributed by atoms with Crippen LogP contribution in [0.3, 0.4) is 0 Å². The molecule has 2 N–H and O–H groups in total. The molecular weight excluding hydrogens is 106 g/mol. The van der Waals surface area contributed by atoms with Gasteiger partial charge in [0.05, 0.1) is 0 Å². The van der Waals surface area contributed by atoms with Gasteiger partial charge in [0.25, 0.3) is 0 Å². The maximum atomic E-state index is 0. The Bertz CT molecular complexity index is 11.6. The standard InChI is InChI=1S/CH4.Al.FH.H2O.H2S/h1H4;;1H;2*1H2. The molecule has 0 aliphatic heterocycles. The highest BCUT2D eigenvalue weighted by molar-refractivity contribution is 7.59. The second kappa shape index (κ2) is 114. The first-order valence-electron chi connectivity index (χ1n) is 0. The van der Waals surface area contributed by atoms with Gasteiger partial charge in [-0.25, -0.2) is 0 Å². The first-order chi connectivity index (χ1) is 0. The maximum absolute atomic E-state index is 0. The lowest BCUT2D eigenvalue weighted by atomic mass is 12.0. The molecular formula is CH9AlFOS.